The molecule has 114 valence electrons. The number of ether oxygens (including phenoxy) is 1. The first-order valence-corrected chi connectivity index (χ1v) is 6.14. The zero-order valence-electron chi connectivity index (χ0n) is 11.2. The molecule has 0 unspecified atom stereocenters. The van der Waals surface area contributed by atoms with Gasteiger partial charge in [-0.05, 0) is 18.2 Å². The van der Waals surface area contributed by atoms with Crippen LogP contribution in [0.3, 0.4) is 0 Å². The zero-order chi connectivity index (χ0) is 16.1. The summed E-state index contributed by atoms with van der Waals surface area (Å²) in [6.45, 7) is -0.441. The van der Waals surface area contributed by atoms with E-state index >= 15 is 0 Å². The molecule has 1 aromatic heterocycles. The Hall–Kier alpha value is -3.06. The monoisotopic (exact) mass is 304 g/mol. The highest BCUT2D eigenvalue weighted by molar-refractivity contribution is 5.89. The molecule has 0 amide bonds. The van der Waals surface area contributed by atoms with Crippen molar-refractivity contribution >= 4 is 12.0 Å². The van der Waals surface area contributed by atoms with Crippen molar-refractivity contribution in [2.75, 3.05) is 0 Å². The number of esters is 1. The lowest BCUT2D eigenvalue weighted by Gasteiger charge is -2.01. The van der Waals surface area contributed by atoms with E-state index in [1.807, 2.05) is 0 Å². The highest BCUT2D eigenvalue weighted by atomic mass is 16.5. The molecule has 0 radical (unpaired) electrons. The lowest BCUT2D eigenvalue weighted by atomic mass is 10.2. The van der Waals surface area contributed by atoms with Gasteiger partial charge in [-0.25, -0.2) is 4.79 Å². The van der Waals surface area contributed by atoms with Gasteiger partial charge in [0.25, 0.3) is 0 Å². The van der Waals surface area contributed by atoms with Gasteiger partial charge in [0.2, 0.25) is 11.2 Å². The summed E-state index contributed by atoms with van der Waals surface area (Å²) in [6.07, 6.45) is 3.20. The smallest absolute Gasteiger partial charge is 0.336 e. The minimum Gasteiger partial charge on any atom is -0.508 e. The number of aromatic hydroxyl groups is 2. The summed E-state index contributed by atoms with van der Waals surface area (Å²) >= 11 is 0. The zero-order valence-corrected chi connectivity index (χ0v) is 11.2. The number of rotatable bonds is 4. The highest BCUT2D eigenvalue weighted by Crippen LogP contribution is 2.23. The van der Waals surface area contributed by atoms with Gasteiger partial charge in [0.05, 0.1) is 0 Å². The van der Waals surface area contributed by atoms with Crippen LogP contribution in [0, 0.1) is 0 Å². The van der Waals surface area contributed by atoms with Crippen molar-refractivity contribution in [2.24, 2.45) is 0 Å². The van der Waals surface area contributed by atoms with Crippen molar-refractivity contribution in [3.63, 3.8) is 0 Å². The molecule has 7 heteroatoms. The first-order chi connectivity index (χ1) is 10.5. The van der Waals surface area contributed by atoms with Crippen molar-refractivity contribution < 1.29 is 29.3 Å². The Bertz CT molecular complexity index is 774. The molecule has 0 saturated heterocycles. The molecule has 0 bridgehead atoms. The van der Waals surface area contributed by atoms with Crippen LogP contribution in [0.4, 0.5) is 0 Å². The standard InChI is InChI=1S/C15H12O7/c16-7-11-6-13(19)14(8-21-11)22-15(20)4-2-9-1-3-10(17)5-12(9)18/h1-6,8,16-18H,7H2/b4-2+. The minimum atomic E-state index is -0.850. The molecule has 2 aromatic rings. The second-order valence-electron chi connectivity index (χ2n) is 4.23. The number of aliphatic hydroxyl groups excluding tert-OH is 1. The Morgan fingerprint density at radius 2 is 2.05 bits per heavy atom. The van der Waals surface area contributed by atoms with Crippen LogP contribution in [0.1, 0.15) is 11.3 Å². The summed E-state index contributed by atoms with van der Waals surface area (Å²) in [5, 5.41) is 27.5. The molecule has 3 N–H and O–H groups in total. The van der Waals surface area contributed by atoms with E-state index in [-0.39, 0.29) is 28.6 Å². The molecule has 1 aromatic carbocycles. The molecule has 22 heavy (non-hydrogen) atoms. The van der Waals surface area contributed by atoms with Crippen LogP contribution >= 0.6 is 0 Å². The van der Waals surface area contributed by atoms with E-state index in [0.717, 1.165) is 24.5 Å². The minimum absolute atomic E-state index is 0.0503. The highest BCUT2D eigenvalue weighted by Gasteiger charge is 2.08. The lowest BCUT2D eigenvalue weighted by molar-refractivity contribution is -0.129. The van der Waals surface area contributed by atoms with E-state index in [4.69, 9.17) is 19.4 Å². The molecule has 2 rings (SSSR count). The van der Waals surface area contributed by atoms with Crippen LogP contribution in [0.2, 0.25) is 0 Å². The molecule has 7 nitrogen and oxygen atoms in total. The van der Waals surface area contributed by atoms with E-state index in [2.05, 4.69) is 0 Å². The number of benzene rings is 1. The number of hydrogen-bond acceptors (Lipinski definition) is 7. The number of aliphatic hydroxyl groups is 1. The molecule has 0 spiro atoms. The van der Waals surface area contributed by atoms with Gasteiger partial charge < -0.3 is 24.5 Å². The predicted octanol–water partition coefficient (Wildman–Crippen LogP) is 1.16. The van der Waals surface area contributed by atoms with Gasteiger partial charge in [-0.15, -0.1) is 0 Å². The lowest BCUT2D eigenvalue weighted by Crippen LogP contribution is -2.12. The largest absolute Gasteiger partial charge is 0.508 e. The van der Waals surface area contributed by atoms with E-state index < -0.39 is 18.0 Å². The predicted molar refractivity (Wildman–Crippen MR) is 75.3 cm³/mol. The summed E-state index contributed by atoms with van der Waals surface area (Å²) < 4.78 is 9.65. The molecule has 0 atom stereocenters. The summed E-state index contributed by atoms with van der Waals surface area (Å²) in [4.78, 5) is 23.2. The van der Waals surface area contributed by atoms with E-state index in [0.29, 0.717) is 0 Å². The van der Waals surface area contributed by atoms with Crippen LogP contribution in [0.5, 0.6) is 17.2 Å². The molecule has 0 aliphatic heterocycles. The molecule has 0 aliphatic carbocycles. The third-order valence-electron chi connectivity index (χ3n) is 2.63. The Kier molecular flexibility index (Phi) is 4.60. The number of phenolic OH excluding ortho intramolecular Hbond substituents is 2. The van der Waals surface area contributed by atoms with Gasteiger partial charge in [-0.2, -0.15) is 0 Å². The maximum Gasteiger partial charge on any atom is 0.336 e. The van der Waals surface area contributed by atoms with Crippen molar-refractivity contribution in [1.29, 1.82) is 0 Å². The normalized spacial score (nSPS) is 10.8. The second-order valence-corrected chi connectivity index (χ2v) is 4.23. The Morgan fingerprint density at radius 3 is 2.68 bits per heavy atom. The van der Waals surface area contributed by atoms with Crippen LogP contribution in [-0.2, 0) is 11.4 Å². The summed E-state index contributed by atoms with van der Waals surface area (Å²) in [7, 11) is 0. The maximum atomic E-state index is 11.6. The van der Waals surface area contributed by atoms with E-state index in [1.54, 1.807) is 0 Å². The van der Waals surface area contributed by atoms with Crippen LogP contribution in [-0.4, -0.2) is 21.3 Å². The quantitative estimate of drug-likeness (QED) is 0.573. The fourth-order valence-corrected chi connectivity index (χ4v) is 1.57. The first kappa shape index (κ1) is 15.3. The fourth-order valence-electron chi connectivity index (χ4n) is 1.57. The number of carbonyl (C=O) groups is 1. The van der Waals surface area contributed by atoms with Crippen molar-refractivity contribution in [3.8, 4) is 17.2 Å². The maximum absolute atomic E-state index is 11.6. The van der Waals surface area contributed by atoms with E-state index in [9.17, 15) is 14.7 Å². The van der Waals surface area contributed by atoms with Gasteiger partial charge in [0, 0.05) is 23.8 Å². The second kappa shape index (κ2) is 6.59. The third kappa shape index (κ3) is 3.74. The molecule has 0 aliphatic rings. The van der Waals surface area contributed by atoms with Crippen molar-refractivity contribution in [3.05, 3.63) is 58.2 Å². The Labute approximate surface area is 124 Å². The van der Waals surface area contributed by atoms with Crippen LogP contribution in [0.25, 0.3) is 6.08 Å². The van der Waals surface area contributed by atoms with Gasteiger partial charge in [-0.1, -0.05) is 0 Å². The SMILES string of the molecule is O=C(/C=C/c1ccc(O)cc1O)Oc1coc(CO)cc1=O. The number of phenols is 2. The molecule has 0 fully saturated rings. The Balaban J connectivity index is 2.10. The molecular formula is C15H12O7. The van der Waals surface area contributed by atoms with Gasteiger partial charge in [0.1, 0.15) is 30.1 Å². The average molecular weight is 304 g/mol. The summed E-state index contributed by atoms with van der Waals surface area (Å²) in [6, 6.07) is 4.87. The first-order valence-electron chi connectivity index (χ1n) is 6.14. The van der Waals surface area contributed by atoms with E-state index in [1.165, 1.54) is 18.2 Å². The van der Waals surface area contributed by atoms with Crippen LogP contribution in [0.15, 0.2) is 45.8 Å². The average Bonchev–Trinajstić information content (AvgIpc) is 2.48. The molecule has 1 heterocycles. The molecular weight excluding hydrogens is 292 g/mol. The van der Waals surface area contributed by atoms with Crippen LogP contribution < -0.4 is 10.2 Å². The molecule has 0 saturated carbocycles. The third-order valence-corrected chi connectivity index (χ3v) is 2.63. The summed E-state index contributed by atoms with van der Waals surface area (Å²) in [5.41, 5.74) is -0.318. The number of hydrogen-bond donors (Lipinski definition) is 3. The van der Waals surface area contributed by atoms with Gasteiger partial charge in [-0.3, -0.25) is 4.79 Å². The van der Waals surface area contributed by atoms with Crippen molar-refractivity contribution in [2.45, 2.75) is 6.61 Å². The van der Waals surface area contributed by atoms with Gasteiger partial charge >= 0.3 is 5.97 Å². The topological polar surface area (TPSA) is 117 Å². The fraction of sp³-hybridized carbons (Fsp3) is 0.0667. The van der Waals surface area contributed by atoms with Crippen molar-refractivity contribution in [1.82, 2.24) is 0 Å². The summed E-state index contributed by atoms with van der Waals surface area (Å²) in [5.74, 6) is -1.44. The Morgan fingerprint density at radius 1 is 1.27 bits per heavy atom. The van der Waals surface area contributed by atoms with Gasteiger partial charge in [0.15, 0.2) is 0 Å². The number of carbonyl (C=O) groups excluding carboxylic acids is 1.